The van der Waals surface area contributed by atoms with E-state index in [0.29, 0.717) is 24.4 Å². The normalized spacial score (nSPS) is 21.3. The zero-order valence-electron chi connectivity index (χ0n) is 17.3. The molecule has 0 aromatic heterocycles. The zero-order chi connectivity index (χ0) is 20.7. The minimum absolute atomic E-state index is 0. The smallest absolute Gasteiger partial charge is 0.217 e. The third kappa shape index (κ3) is 8.95. The van der Waals surface area contributed by atoms with Gasteiger partial charge in [-0.2, -0.15) is 0 Å². The van der Waals surface area contributed by atoms with Crippen molar-refractivity contribution in [3.05, 3.63) is 35.4 Å². The van der Waals surface area contributed by atoms with Crippen molar-refractivity contribution in [3.63, 3.8) is 0 Å². The molecule has 0 aliphatic carbocycles. The molecule has 1 aliphatic heterocycles. The van der Waals surface area contributed by atoms with E-state index < -0.39 is 23.8 Å². The summed E-state index contributed by atoms with van der Waals surface area (Å²) in [6.07, 6.45) is 1.89. The summed E-state index contributed by atoms with van der Waals surface area (Å²) in [4.78, 5) is 11.6. The third-order valence-electron chi connectivity index (χ3n) is 5.05. The average Bonchev–Trinajstić information content (AvgIpc) is 2.59. The Morgan fingerprint density at radius 3 is 2.45 bits per heavy atom. The van der Waals surface area contributed by atoms with Crippen molar-refractivity contribution in [2.75, 3.05) is 13.2 Å². The Hall–Kier alpha value is -1.28. The summed E-state index contributed by atoms with van der Waals surface area (Å²) in [6, 6.07) is 2.37. The Morgan fingerprint density at radius 1 is 1.28 bits per heavy atom. The van der Waals surface area contributed by atoms with E-state index in [1.54, 1.807) is 0 Å². The predicted octanol–water partition coefficient (Wildman–Crippen LogP) is 2.98. The minimum atomic E-state index is -0.883. The van der Waals surface area contributed by atoms with Crippen molar-refractivity contribution in [2.24, 2.45) is 5.92 Å². The van der Waals surface area contributed by atoms with E-state index >= 15 is 0 Å². The highest BCUT2D eigenvalue weighted by molar-refractivity contribution is 5.85. The van der Waals surface area contributed by atoms with E-state index in [1.807, 2.05) is 0 Å². The van der Waals surface area contributed by atoms with Gasteiger partial charge in [0, 0.05) is 32.2 Å². The number of carbonyl (C=O) groups excluding carboxylic acids is 1. The van der Waals surface area contributed by atoms with Crippen LogP contribution in [-0.2, 0) is 16.0 Å². The number of rotatable bonds is 9. The molecular weight excluding hydrogens is 402 g/mol. The van der Waals surface area contributed by atoms with Gasteiger partial charge >= 0.3 is 0 Å². The molecule has 0 unspecified atom stereocenters. The first-order valence-electron chi connectivity index (χ1n) is 9.99. The molecule has 1 fully saturated rings. The fourth-order valence-corrected chi connectivity index (χ4v) is 3.54. The molecule has 1 aromatic rings. The largest absolute Gasteiger partial charge is 0.389 e. The molecule has 3 N–H and O–H groups in total. The van der Waals surface area contributed by atoms with Crippen molar-refractivity contribution in [2.45, 2.75) is 70.7 Å². The monoisotopic (exact) mass is 434 g/mol. The van der Waals surface area contributed by atoms with Crippen LogP contribution in [0.4, 0.5) is 8.78 Å². The van der Waals surface area contributed by atoms with Gasteiger partial charge in [0.1, 0.15) is 11.6 Å². The first-order valence-corrected chi connectivity index (χ1v) is 9.99. The van der Waals surface area contributed by atoms with Crippen LogP contribution in [0.15, 0.2) is 18.2 Å². The molecule has 166 valence electrons. The molecule has 0 bridgehead atoms. The number of piperidine rings is 1. The summed E-state index contributed by atoms with van der Waals surface area (Å²) in [5, 5.41) is 16.8. The molecule has 29 heavy (non-hydrogen) atoms. The van der Waals surface area contributed by atoms with Crippen LogP contribution in [0.3, 0.4) is 0 Å². The highest BCUT2D eigenvalue weighted by atomic mass is 35.5. The number of hydrogen-bond donors (Lipinski definition) is 3. The summed E-state index contributed by atoms with van der Waals surface area (Å²) < 4.78 is 32.8. The number of benzene rings is 1. The molecular formula is C21H33ClF2N2O3. The van der Waals surface area contributed by atoms with Gasteiger partial charge in [-0.25, -0.2) is 8.78 Å². The lowest BCUT2D eigenvalue weighted by Crippen LogP contribution is -2.56. The Bertz CT molecular complexity index is 620. The standard InChI is InChI=1S/C21H32F2N2O3.ClH/c1-13(2)6-7-28-18-4-5-19(24-12-18)21(27)20(25-14(3)26)10-15-8-16(22)11-17(23)9-15;/h8-9,11,13,18-21,24,27H,4-7,10,12H2,1-3H3,(H,25,26);1H/t18-,19-,20+,21+;/m1./s1. The summed E-state index contributed by atoms with van der Waals surface area (Å²) in [5.41, 5.74) is 0.390. The Balaban J connectivity index is 0.00000420. The Labute approximate surface area is 178 Å². The second kappa shape index (κ2) is 12.4. The second-order valence-electron chi connectivity index (χ2n) is 8.05. The molecule has 0 spiro atoms. The van der Waals surface area contributed by atoms with Crippen LogP contribution in [0, 0.1) is 17.6 Å². The van der Waals surface area contributed by atoms with Gasteiger partial charge in [0.05, 0.1) is 18.2 Å². The second-order valence-corrected chi connectivity index (χ2v) is 8.05. The molecule has 4 atom stereocenters. The molecule has 0 saturated carbocycles. The van der Waals surface area contributed by atoms with E-state index in [-0.39, 0.29) is 36.9 Å². The number of ether oxygens (including phenoxy) is 1. The van der Waals surface area contributed by atoms with E-state index in [0.717, 1.165) is 25.5 Å². The fourth-order valence-electron chi connectivity index (χ4n) is 3.54. The molecule has 5 nitrogen and oxygen atoms in total. The maximum atomic E-state index is 13.5. The number of halogens is 3. The van der Waals surface area contributed by atoms with Gasteiger partial charge in [-0.1, -0.05) is 13.8 Å². The molecule has 0 radical (unpaired) electrons. The zero-order valence-corrected chi connectivity index (χ0v) is 18.1. The van der Waals surface area contributed by atoms with E-state index in [2.05, 4.69) is 24.5 Å². The SMILES string of the molecule is CC(=O)N[C@@H](Cc1cc(F)cc(F)c1)[C@@H](O)[C@H]1CC[C@@H](OCCC(C)C)CN1.Cl. The topological polar surface area (TPSA) is 70.6 Å². The quantitative estimate of drug-likeness (QED) is 0.559. The summed E-state index contributed by atoms with van der Waals surface area (Å²) in [7, 11) is 0. The van der Waals surface area contributed by atoms with Gasteiger partial charge in [-0.05, 0) is 49.3 Å². The Morgan fingerprint density at radius 2 is 1.93 bits per heavy atom. The van der Waals surface area contributed by atoms with Crippen molar-refractivity contribution < 1.29 is 23.4 Å². The van der Waals surface area contributed by atoms with Crippen molar-refractivity contribution in [3.8, 4) is 0 Å². The van der Waals surface area contributed by atoms with Crippen molar-refractivity contribution >= 4 is 18.3 Å². The third-order valence-corrected chi connectivity index (χ3v) is 5.05. The van der Waals surface area contributed by atoms with Crippen LogP contribution in [0.25, 0.3) is 0 Å². The summed E-state index contributed by atoms with van der Waals surface area (Å²) in [6.45, 7) is 7.01. The maximum Gasteiger partial charge on any atom is 0.217 e. The lowest BCUT2D eigenvalue weighted by Gasteiger charge is -2.36. The van der Waals surface area contributed by atoms with Crippen LogP contribution >= 0.6 is 12.4 Å². The highest BCUT2D eigenvalue weighted by Crippen LogP contribution is 2.19. The lowest BCUT2D eigenvalue weighted by atomic mass is 9.90. The summed E-state index contributed by atoms with van der Waals surface area (Å²) >= 11 is 0. The first kappa shape index (κ1) is 25.8. The number of hydrogen-bond acceptors (Lipinski definition) is 4. The van der Waals surface area contributed by atoms with Crippen molar-refractivity contribution in [1.29, 1.82) is 0 Å². The number of amides is 1. The van der Waals surface area contributed by atoms with Gasteiger partial charge < -0.3 is 20.5 Å². The molecule has 2 rings (SSSR count). The lowest BCUT2D eigenvalue weighted by molar-refractivity contribution is -0.120. The maximum absolute atomic E-state index is 13.5. The fraction of sp³-hybridized carbons (Fsp3) is 0.667. The van der Waals surface area contributed by atoms with Crippen LogP contribution in [0.1, 0.15) is 45.6 Å². The number of nitrogens with one attached hydrogen (secondary N) is 2. The van der Waals surface area contributed by atoms with Gasteiger partial charge in [-0.15, -0.1) is 12.4 Å². The van der Waals surface area contributed by atoms with E-state index in [4.69, 9.17) is 4.74 Å². The highest BCUT2D eigenvalue weighted by Gasteiger charge is 2.32. The van der Waals surface area contributed by atoms with Crippen LogP contribution in [0.2, 0.25) is 0 Å². The summed E-state index contributed by atoms with van der Waals surface area (Å²) in [5.74, 6) is -1.06. The van der Waals surface area contributed by atoms with Crippen LogP contribution in [-0.4, -0.2) is 48.5 Å². The molecule has 1 amide bonds. The molecule has 1 aliphatic rings. The number of aliphatic hydroxyl groups excluding tert-OH is 1. The van der Waals surface area contributed by atoms with Gasteiger partial charge in [0.25, 0.3) is 0 Å². The first-order chi connectivity index (χ1) is 13.2. The predicted molar refractivity (Wildman–Crippen MR) is 111 cm³/mol. The van der Waals surface area contributed by atoms with Gasteiger partial charge in [-0.3, -0.25) is 4.79 Å². The van der Waals surface area contributed by atoms with E-state index in [9.17, 15) is 18.7 Å². The number of carbonyl (C=O) groups is 1. The van der Waals surface area contributed by atoms with Gasteiger partial charge in [0.15, 0.2) is 0 Å². The van der Waals surface area contributed by atoms with Crippen LogP contribution < -0.4 is 10.6 Å². The molecule has 1 saturated heterocycles. The number of aliphatic hydroxyl groups is 1. The molecule has 1 aromatic carbocycles. The van der Waals surface area contributed by atoms with Crippen LogP contribution in [0.5, 0.6) is 0 Å². The van der Waals surface area contributed by atoms with E-state index in [1.165, 1.54) is 19.1 Å². The molecule has 8 heteroatoms. The minimum Gasteiger partial charge on any atom is -0.389 e. The van der Waals surface area contributed by atoms with Crippen molar-refractivity contribution in [1.82, 2.24) is 10.6 Å². The Kier molecular flexibility index (Phi) is 11.0. The van der Waals surface area contributed by atoms with Gasteiger partial charge in [0.2, 0.25) is 5.91 Å². The molecule has 1 heterocycles. The average molecular weight is 435 g/mol.